The molecule has 0 spiro atoms. The number of benzene rings is 2. The number of rotatable bonds is 9. The number of hydrogen-bond acceptors (Lipinski definition) is 6. The summed E-state index contributed by atoms with van der Waals surface area (Å²) in [5.74, 6) is 2.04. The third-order valence-electron chi connectivity index (χ3n) is 4.30. The van der Waals surface area contributed by atoms with E-state index in [0.717, 1.165) is 22.6 Å². The van der Waals surface area contributed by atoms with Gasteiger partial charge in [0.1, 0.15) is 5.75 Å². The number of methoxy groups -OCH3 is 2. The molecule has 7 heteroatoms. The molecule has 1 amide bonds. The summed E-state index contributed by atoms with van der Waals surface area (Å²) in [5.41, 5.74) is 2.68. The molecule has 0 saturated carbocycles. The summed E-state index contributed by atoms with van der Waals surface area (Å²) >= 11 is 1.39. The largest absolute Gasteiger partial charge is 0.496 e. The van der Waals surface area contributed by atoms with Gasteiger partial charge >= 0.3 is 0 Å². The number of aryl methyl sites for hydroxylation is 1. The van der Waals surface area contributed by atoms with Gasteiger partial charge in [0.2, 0.25) is 5.91 Å². The van der Waals surface area contributed by atoms with Crippen LogP contribution in [0, 0.1) is 0 Å². The molecule has 6 nitrogen and oxygen atoms in total. The Balaban J connectivity index is 1.60. The lowest BCUT2D eigenvalue weighted by atomic mass is 10.1. The smallest absolute Gasteiger partial charge is 0.226 e. The summed E-state index contributed by atoms with van der Waals surface area (Å²) in [6.07, 6.45) is 0.944. The highest BCUT2D eigenvalue weighted by Crippen LogP contribution is 2.32. The van der Waals surface area contributed by atoms with Crippen molar-refractivity contribution < 1.29 is 19.0 Å². The van der Waals surface area contributed by atoms with E-state index in [0.29, 0.717) is 36.1 Å². The highest BCUT2D eigenvalue weighted by atomic mass is 32.1. The third-order valence-corrected chi connectivity index (χ3v) is 5.06. The van der Waals surface area contributed by atoms with Crippen LogP contribution in [0.25, 0.3) is 11.3 Å². The molecule has 1 heterocycles. The van der Waals surface area contributed by atoms with Crippen LogP contribution in [0.2, 0.25) is 0 Å². The Bertz CT molecular complexity index is 971. The Morgan fingerprint density at radius 3 is 2.62 bits per heavy atom. The average Bonchev–Trinajstić information content (AvgIpc) is 3.21. The molecule has 2 aromatic carbocycles. The van der Waals surface area contributed by atoms with Crippen LogP contribution in [-0.2, 0) is 11.2 Å². The summed E-state index contributed by atoms with van der Waals surface area (Å²) in [6, 6.07) is 13.4. The van der Waals surface area contributed by atoms with Crippen molar-refractivity contribution in [3.05, 3.63) is 53.4 Å². The molecule has 3 aromatic rings. The predicted molar refractivity (Wildman–Crippen MR) is 115 cm³/mol. The second-order valence-corrected chi connectivity index (χ2v) is 7.06. The van der Waals surface area contributed by atoms with Gasteiger partial charge in [0, 0.05) is 17.4 Å². The van der Waals surface area contributed by atoms with Crippen LogP contribution < -0.4 is 19.5 Å². The van der Waals surface area contributed by atoms with Gasteiger partial charge in [0.25, 0.3) is 0 Å². The highest BCUT2D eigenvalue weighted by molar-refractivity contribution is 7.14. The molecule has 0 bridgehead atoms. The van der Waals surface area contributed by atoms with Crippen molar-refractivity contribution in [3.63, 3.8) is 0 Å². The van der Waals surface area contributed by atoms with Gasteiger partial charge in [-0.15, -0.1) is 11.3 Å². The fraction of sp³-hybridized carbons (Fsp3) is 0.273. The molecule has 0 aliphatic heterocycles. The van der Waals surface area contributed by atoms with Crippen molar-refractivity contribution in [1.29, 1.82) is 0 Å². The van der Waals surface area contributed by atoms with Crippen LogP contribution in [0.3, 0.4) is 0 Å². The molecule has 0 fully saturated rings. The number of thiazole rings is 1. The Morgan fingerprint density at radius 2 is 1.86 bits per heavy atom. The standard InChI is InChI=1S/C22H24N2O4S/c1-4-28-19-11-9-15(13-20(19)27-3)10-12-21(25)24-22-23-17(14-29-22)16-7-5-6-8-18(16)26-2/h5-9,11,13-14H,4,10,12H2,1-3H3,(H,23,24,25). The summed E-state index contributed by atoms with van der Waals surface area (Å²) in [4.78, 5) is 16.9. The molecular formula is C22H24N2O4S. The molecule has 0 radical (unpaired) electrons. The minimum Gasteiger partial charge on any atom is -0.496 e. The molecule has 0 unspecified atom stereocenters. The fourth-order valence-electron chi connectivity index (χ4n) is 2.89. The van der Waals surface area contributed by atoms with Gasteiger partial charge in [-0.1, -0.05) is 18.2 Å². The molecule has 0 aliphatic carbocycles. The Kier molecular flexibility index (Phi) is 7.08. The molecule has 1 aromatic heterocycles. The van der Waals surface area contributed by atoms with E-state index in [2.05, 4.69) is 10.3 Å². The topological polar surface area (TPSA) is 69.7 Å². The first kappa shape index (κ1) is 20.7. The first-order chi connectivity index (χ1) is 14.1. The summed E-state index contributed by atoms with van der Waals surface area (Å²) in [5, 5.41) is 5.35. The summed E-state index contributed by atoms with van der Waals surface area (Å²) in [7, 11) is 3.24. The normalized spacial score (nSPS) is 10.4. The van der Waals surface area contributed by atoms with Crippen molar-refractivity contribution in [3.8, 4) is 28.5 Å². The first-order valence-electron chi connectivity index (χ1n) is 9.33. The molecule has 0 aliphatic rings. The van der Waals surface area contributed by atoms with Gasteiger partial charge in [0.15, 0.2) is 16.6 Å². The lowest BCUT2D eigenvalue weighted by Gasteiger charge is -2.11. The van der Waals surface area contributed by atoms with Crippen LogP contribution in [0.1, 0.15) is 18.9 Å². The SMILES string of the molecule is CCOc1ccc(CCC(=O)Nc2nc(-c3ccccc3OC)cs2)cc1OC. The number of para-hydroxylation sites is 1. The Hall–Kier alpha value is -3.06. The molecule has 29 heavy (non-hydrogen) atoms. The zero-order valence-corrected chi connectivity index (χ0v) is 17.5. The third kappa shape index (κ3) is 5.26. The van der Waals surface area contributed by atoms with Crippen LogP contribution in [0.4, 0.5) is 5.13 Å². The number of amides is 1. The maximum atomic E-state index is 12.4. The van der Waals surface area contributed by atoms with Gasteiger partial charge in [-0.25, -0.2) is 4.98 Å². The van der Waals surface area contributed by atoms with E-state index in [1.807, 2.05) is 54.8 Å². The van der Waals surface area contributed by atoms with Crippen molar-refractivity contribution in [2.45, 2.75) is 19.8 Å². The number of anilines is 1. The van der Waals surface area contributed by atoms with Crippen molar-refractivity contribution in [2.75, 3.05) is 26.1 Å². The zero-order valence-electron chi connectivity index (χ0n) is 16.7. The van der Waals surface area contributed by atoms with E-state index in [1.165, 1.54) is 11.3 Å². The average molecular weight is 413 g/mol. The first-order valence-corrected chi connectivity index (χ1v) is 10.2. The Morgan fingerprint density at radius 1 is 1.07 bits per heavy atom. The van der Waals surface area contributed by atoms with Gasteiger partial charge in [-0.2, -0.15) is 0 Å². The van der Waals surface area contributed by atoms with Gasteiger partial charge in [-0.05, 0) is 43.2 Å². The highest BCUT2D eigenvalue weighted by Gasteiger charge is 2.12. The molecule has 152 valence electrons. The van der Waals surface area contributed by atoms with E-state index >= 15 is 0 Å². The predicted octanol–water partition coefficient (Wildman–Crippen LogP) is 4.80. The maximum absolute atomic E-state index is 12.4. The summed E-state index contributed by atoms with van der Waals surface area (Å²) in [6.45, 7) is 2.50. The zero-order chi connectivity index (χ0) is 20.6. The van der Waals surface area contributed by atoms with E-state index < -0.39 is 0 Å². The number of ether oxygens (including phenoxy) is 3. The number of nitrogens with zero attached hydrogens (tertiary/aromatic N) is 1. The number of carbonyl (C=O) groups excluding carboxylic acids is 1. The molecule has 0 atom stereocenters. The van der Waals surface area contributed by atoms with E-state index in [4.69, 9.17) is 14.2 Å². The number of nitrogens with one attached hydrogen (secondary N) is 1. The van der Waals surface area contributed by atoms with Gasteiger partial charge in [-0.3, -0.25) is 4.79 Å². The quantitative estimate of drug-likeness (QED) is 0.547. The van der Waals surface area contributed by atoms with Gasteiger partial charge in [0.05, 0.1) is 26.5 Å². The monoisotopic (exact) mass is 412 g/mol. The number of carbonyl (C=O) groups is 1. The molecule has 3 rings (SSSR count). The maximum Gasteiger partial charge on any atom is 0.226 e. The van der Waals surface area contributed by atoms with Gasteiger partial charge < -0.3 is 19.5 Å². The molecular weight excluding hydrogens is 388 g/mol. The minimum atomic E-state index is -0.0845. The van der Waals surface area contributed by atoms with Crippen LogP contribution in [0.15, 0.2) is 47.8 Å². The van der Waals surface area contributed by atoms with Crippen molar-refractivity contribution in [1.82, 2.24) is 4.98 Å². The van der Waals surface area contributed by atoms with Crippen LogP contribution in [-0.4, -0.2) is 31.7 Å². The van der Waals surface area contributed by atoms with Crippen LogP contribution >= 0.6 is 11.3 Å². The lowest BCUT2D eigenvalue weighted by Crippen LogP contribution is -2.12. The fourth-order valence-corrected chi connectivity index (χ4v) is 3.62. The Labute approximate surface area is 174 Å². The van der Waals surface area contributed by atoms with Crippen LogP contribution in [0.5, 0.6) is 17.2 Å². The van der Waals surface area contributed by atoms with E-state index in [1.54, 1.807) is 14.2 Å². The number of aromatic nitrogens is 1. The molecule has 1 N–H and O–H groups in total. The number of hydrogen-bond donors (Lipinski definition) is 1. The molecule has 0 saturated heterocycles. The van der Waals surface area contributed by atoms with E-state index in [-0.39, 0.29) is 5.91 Å². The van der Waals surface area contributed by atoms with Crippen molar-refractivity contribution in [2.24, 2.45) is 0 Å². The van der Waals surface area contributed by atoms with Crippen molar-refractivity contribution >= 4 is 22.4 Å². The lowest BCUT2D eigenvalue weighted by molar-refractivity contribution is -0.116. The second kappa shape index (κ2) is 9.93. The minimum absolute atomic E-state index is 0.0845. The van der Waals surface area contributed by atoms with E-state index in [9.17, 15) is 4.79 Å². The summed E-state index contributed by atoms with van der Waals surface area (Å²) < 4.78 is 16.3. The second-order valence-electron chi connectivity index (χ2n) is 6.20.